The smallest absolute Gasteiger partial charge is 0.311 e. The van der Waals surface area contributed by atoms with Crippen molar-refractivity contribution in [3.8, 4) is 0 Å². The Morgan fingerprint density at radius 3 is 2.11 bits per heavy atom. The van der Waals surface area contributed by atoms with Crippen molar-refractivity contribution in [1.29, 1.82) is 0 Å². The second-order valence-electron chi connectivity index (χ2n) is 10.6. The molecule has 5 nitrogen and oxygen atoms in total. The zero-order chi connectivity index (χ0) is 25.5. The zero-order valence-electron chi connectivity index (χ0n) is 22.2. The fraction of sp³-hybridized carbons (Fsp3) is 0.800. The fourth-order valence-electron chi connectivity index (χ4n) is 5.14. The molecule has 0 aromatic heterocycles. The van der Waals surface area contributed by atoms with Crippen LogP contribution in [0.15, 0.2) is 24.3 Å². The molecule has 2 N–H and O–H groups in total. The molecule has 5 heteroatoms. The number of carbonyl (C=O) groups is 2. The van der Waals surface area contributed by atoms with Gasteiger partial charge in [0.05, 0.1) is 18.1 Å². The first-order valence-corrected chi connectivity index (χ1v) is 14.4. The number of ether oxygens (including phenoxy) is 1. The summed E-state index contributed by atoms with van der Waals surface area (Å²) in [6.45, 7) is 4.38. The quantitative estimate of drug-likeness (QED) is 0.123. The predicted octanol–water partition coefficient (Wildman–Crippen LogP) is 6.46. The molecule has 3 unspecified atom stereocenters. The number of cyclic esters (lactones) is 1. The Morgan fingerprint density at radius 1 is 0.914 bits per heavy atom. The van der Waals surface area contributed by atoms with E-state index in [2.05, 4.69) is 38.2 Å². The topological polar surface area (TPSA) is 83.8 Å². The highest BCUT2D eigenvalue weighted by molar-refractivity contribution is 5.84. The van der Waals surface area contributed by atoms with E-state index >= 15 is 0 Å². The number of hydrogen-bond acceptors (Lipinski definition) is 5. The van der Waals surface area contributed by atoms with Gasteiger partial charge in [0.25, 0.3) is 0 Å². The maximum Gasteiger partial charge on any atom is 0.311 e. The standard InChI is InChI=1S/C30H50O5/c1-3-5-7-9-11-13-15-17-23(31)21-28(33)25-22-26(25)29-20-19-24(30(34)35-29)27(32)18-16-14-12-10-8-6-4-2/h11-14,23-27,29,31-32H,3-10,15-22H2,1-2H3/b13-11-,14-12-/t23?,24?,25-,26-,27?,29+/m1/s1. The third-order valence-corrected chi connectivity index (χ3v) is 7.54. The molecule has 1 heterocycles. The van der Waals surface area contributed by atoms with Crippen molar-refractivity contribution in [3.63, 3.8) is 0 Å². The van der Waals surface area contributed by atoms with Gasteiger partial charge < -0.3 is 14.9 Å². The van der Waals surface area contributed by atoms with Crippen LogP contribution in [0.25, 0.3) is 0 Å². The molecule has 0 spiro atoms. The molecule has 1 aliphatic heterocycles. The SMILES string of the molecule is CCCCC/C=C\CCC(O)CC(=O)[C@@H]1C[C@H]1[C@@H]1CCC(C(O)CC/C=C\CCCCC)C(=O)O1. The van der Waals surface area contributed by atoms with Crippen LogP contribution in [0.2, 0.25) is 0 Å². The number of allylic oxidation sites excluding steroid dienone is 4. The molecule has 2 rings (SSSR count). The first-order valence-electron chi connectivity index (χ1n) is 14.4. The third-order valence-electron chi connectivity index (χ3n) is 7.54. The fourth-order valence-corrected chi connectivity index (χ4v) is 5.14. The van der Waals surface area contributed by atoms with Gasteiger partial charge in [0.2, 0.25) is 0 Å². The molecule has 0 amide bonds. The monoisotopic (exact) mass is 490 g/mol. The maximum atomic E-state index is 12.6. The number of Topliss-reactive ketones (excluding diaryl/α,β-unsaturated/α-hetero) is 1. The van der Waals surface area contributed by atoms with E-state index in [9.17, 15) is 19.8 Å². The number of unbranched alkanes of at least 4 members (excludes halogenated alkanes) is 6. The summed E-state index contributed by atoms with van der Waals surface area (Å²) in [5.74, 6) is -0.681. The number of rotatable bonds is 19. The summed E-state index contributed by atoms with van der Waals surface area (Å²) in [6.07, 6.45) is 21.6. The number of carbonyl (C=O) groups excluding carboxylic acids is 2. The van der Waals surface area contributed by atoms with Crippen molar-refractivity contribution in [2.45, 2.75) is 135 Å². The summed E-state index contributed by atoms with van der Waals surface area (Å²) in [6, 6.07) is 0. The van der Waals surface area contributed by atoms with Gasteiger partial charge in [-0.25, -0.2) is 0 Å². The number of aliphatic hydroxyl groups excluding tert-OH is 2. The van der Waals surface area contributed by atoms with E-state index in [4.69, 9.17) is 4.74 Å². The molecule has 1 saturated carbocycles. The van der Waals surface area contributed by atoms with E-state index in [0.29, 0.717) is 25.7 Å². The Morgan fingerprint density at radius 2 is 1.51 bits per heavy atom. The van der Waals surface area contributed by atoms with Crippen LogP contribution < -0.4 is 0 Å². The van der Waals surface area contributed by atoms with Crippen LogP contribution in [-0.4, -0.2) is 40.3 Å². The molecular weight excluding hydrogens is 440 g/mol. The van der Waals surface area contributed by atoms with E-state index in [1.54, 1.807) is 0 Å². The van der Waals surface area contributed by atoms with Gasteiger partial charge in [-0.3, -0.25) is 9.59 Å². The van der Waals surface area contributed by atoms with Gasteiger partial charge in [0.1, 0.15) is 11.9 Å². The molecule has 200 valence electrons. The number of esters is 1. The normalized spacial score (nSPS) is 26.2. The van der Waals surface area contributed by atoms with Crippen LogP contribution in [0.3, 0.4) is 0 Å². The van der Waals surface area contributed by atoms with Crippen molar-refractivity contribution < 1.29 is 24.5 Å². The number of ketones is 1. The van der Waals surface area contributed by atoms with E-state index in [-0.39, 0.29) is 36.1 Å². The summed E-state index contributed by atoms with van der Waals surface area (Å²) in [5.41, 5.74) is 0. The molecule has 0 bridgehead atoms. The van der Waals surface area contributed by atoms with Gasteiger partial charge in [-0.15, -0.1) is 0 Å². The van der Waals surface area contributed by atoms with E-state index in [1.807, 2.05) is 0 Å². The van der Waals surface area contributed by atoms with Crippen LogP contribution in [0, 0.1) is 17.8 Å². The molecule has 2 fully saturated rings. The van der Waals surface area contributed by atoms with Gasteiger partial charge in [-0.2, -0.15) is 0 Å². The summed E-state index contributed by atoms with van der Waals surface area (Å²) >= 11 is 0. The van der Waals surface area contributed by atoms with Crippen molar-refractivity contribution in [2.75, 3.05) is 0 Å². The maximum absolute atomic E-state index is 12.6. The Labute approximate surface area is 213 Å². The van der Waals surface area contributed by atoms with Crippen molar-refractivity contribution in [1.82, 2.24) is 0 Å². The lowest BCUT2D eigenvalue weighted by atomic mass is 9.88. The van der Waals surface area contributed by atoms with E-state index in [0.717, 1.165) is 32.1 Å². The molecule has 0 aromatic carbocycles. The predicted molar refractivity (Wildman–Crippen MR) is 141 cm³/mol. The summed E-state index contributed by atoms with van der Waals surface area (Å²) in [7, 11) is 0. The van der Waals surface area contributed by atoms with Crippen molar-refractivity contribution in [3.05, 3.63) is 24.3 Å². The highest BCUT2D eigenvalue weighted by Gasteiger charge is 2.51. The van der Waals surface area contributed by atoms with Gasteiger partial charge in [-0.05, 0) is 70.6 Å². The van der Waals surface area contributed by atoms with Gasteiger partial charge in [0.15, 0.2) is 0 Å². The molecule has 2 aliphatic rings. The highest BCUT2D eigenvalue weighted by atomic mass is 16.5. The molecule has 35 heavy (non-hydrogen) atoms. The zero-order valence-corrected chi connectivity index (χ0v) is 22.2. The average molecular weight is 491 g/mol. The first-order chi connectivity index (χ1) is 17.0. The minimum absolute atomic E-state index is 0.0845. The summed E-state index contributed by atoms with van der Waals surface area (Å²) < 4.78 is 5.68. The molecule has 1 aliphatic carbocycles. The minimum Gasteiger partial charge on any atom is -0.462 e. The molecule has 0 radical (unpaired) electrons. The Bertz CT molecular complexity index is 670. The molecular formula is C30H50O5. The van der Waals surface area contributed by atoms with Gasteiger partial charge in [-0.1, -0.05) is 63.8 Å². The third kappa shape index (κ3) is 11.4. The van der Waals surface area contributed by atoms with Crippen LogP contribution in [0.1, 0.15) is 117 Å². The first kappa shape index (κ1) is 29.8. The Hall–Kier alpha value is -1.46. The van der Waals surface area contributed by atoms with Gasteiger partial charge >= 0.3 is 5.97 Å². The summed E-state index contributed by atoms with van der Waals surface area (Å²) in [4.78, 5) is 25.1. The van der Waals surface area contributed by atoms with Crippen LogP contribution in [0.5, 0.6) is 0 Å². The van der Waals surface area contributed by atoms with Crippen molar-refractivity contribution in [2.24, 2.45) is 17.8 Å². The Balaban J connectivity index is 1.61. The second-order valence-corrected chi connectivity index (χ2v) is 10.6. The van der Waals surface area contributed by atoms with Gasteiger partial charge in [0, 0.05) is 18.3 Å². The van der Waals surface area contributed by atoms with Crippen molar-refractivity contribution >= 4 is 11.8 Å². The van der Waals surface area contributed by atoms with Crippen LogP contribution in [-0.2, 0) is 14.3 Å². The Kier molecular flexibility index (Phi) is 14.5. The van der Waals surface area contributed by atoms with Crippen LogP contribution in [0.4, 0.5) is 0 Å². The average Bonchev–Trinajstić information content (AvgIpc) is 3.64. The largest absolute Gasteiger partial charge is 0.462 e. The lowest BCUT2D eigenvalue weighted by molar-refractivity contribution is -0.167. The lowest BCUT2D eigenvalue weighted by Gasteiger charge is -2.31. The molecule has 0 aromatic rings. The molecule has 1 saturated heterocycles. The van der Waals surface area contributed by atoms with Crippen LogP contribution >= 0.6 is 0 Å². The number of hydrogen-bond donors (Lipinski definition) is 2. The van der Waals surface area contributed by atoms with E-state index < -0.39 is 18.1 Å². The lowest BCUT2D eigenvalue weighted by Crippen LogP contribution is -2.39. The van der Waals surface area contributed by atoms with E-state index in [1.165, 1.54) is 38.5 Å². The minimum atomic E-state index is -0.670. The second kappa shape index (κ2) is 17.1. The summed E-state index contributed by atoms with van der Waals surface area (Å²) in [5, 5.41) is 20.7. The number of aliphatic hydroxyl groups is 2. The highest BCUT2D eigenvalue weighted by Crippen LogP contribution is 2.47. The molecule has 6 atom stereocenters.